The van der Waals surface area contributed by atoms with Crippen LogP contribution in [0, 0.1) is 17.0 Å². The number of carbonyl (C=O) groups excluding carboxylic acids is 1. The van der Waals surface area contributed by atoms with Gasteiger partial charge in [0.1, 0.15) is 12.0 Å². The van der Waals surface area contributed by atoms with Gasteiger partial charge in [0, 0.05) is 27.9 Å². The standard InChI is InChI=1S/C13H12N2O3S/c1-9-2-4-11(19-9)7-14-12-5-3-10(8-16)6-13(12)15(17)18/h2-6,8,14H,7H2,1H3. The van der Waals surface area contributed by atoms with E-state index in [-0.39, 0.29) is 5.69 Å². The van der Waals surface area contributed by atoms with E-state index in [1.165, 1.54) is 10.9 Å². The Hall–Kier alpha value is -2.21. The second kappa shape index (κ2) is 5.62. The van der Waals surface area contributed by atoms with Crippen LogP contribution in [0.5, 0.6) is 0 Å². The monoisotopic (exact) mass is 276 g/mol. The van der Waals surface area contributed by atoms with Crippen molar-refractivity contribution in [2.75, 3.05) is 5.32 Å². The lowest BCUT2D eigenvalue weighted by Gasteiger charge is -2.06. The molecule has 1 aromatic heterocycles. The Morgan fingerprint density at radius 3 is 2.74 bits per heavy atom. The Kier molecular flexibility index (Phi) is 3.91. The van der Waals surface area contributed by atoms with Gasteiger partial charge in [0.15, 0.2) is 0 Å². The minimum Gasteiger partial charge on any atom is -0.375 e. The number of carbonyl (C=O) groups is 1. The minimum atomic E-state index is -0.491. The Morgan fingerprint density at radius 2 is 2.16 bits per heavy atom. The Bertz CT molecular complexity index is 622. The number of anilines is 1. The van der Waals surface area contributed by atoms with Crippen LogP contribution >= 0.6 is 11.3 Å². The number of aldehydes is 1. The second-order valence-corrected chi connectivity index (χ2v) is 5.39. The van der Waals surface area contributed by atoms with E-state index >= 15 is 0 Å². The van der Waals surface area contributed by atoms with Gasteiger partial charge in [0.25, 0.3) is 5.69 Å². The molecule has 19 heavy (non-hydrogen) atoms. The first-order valence-electron chi connectivity index (χ1n) is 5.63. The van der Waals surface area contributed by atoms with Gasteiger partial charge in [-0.05, 0) is 31.2 Å². The molecule has 0 aliphatic carbocycles. The van der Waals surface area contributed by atoms with Crippen molar-refractivity contribution in [3.05, 3.63) is 55.8 Å². The molecule has 0 spiro atoms. The Morgan fingerprint density at radius 1 is 1.37 bits per heavy atom. The number of aryl methyl sites for hydroxylation is 1. The molecule has 1 N–H and O–H groups in total. The molecule has 0 aliphatic rings. The summed E-state index contributed by atoms with van der Waals surface area (Å²) in [7, 11) is 0. The minimum absolute atomic E-state index is 0.0853. The first-order valence-corrected chi connectivity index (χ1v) is 6.44. The van der Waals surface area contributed by atoms with Gasteiger partial charge in [0.2, 0.25) is 0 Å². The molecule has 0 amide bonds. The topological polar surface area (TPSA) is 72.2 Å². The van der Waals surface area contributed by atoms with E-state index in [4.69, 9.17) is 0 Å². The van der Waals surface area contributed by atoms with E-state index in [1.54, 1.807) is 23.5 Å². The van der Waals surface area contributed by atoms with Crippen LogP contribution in [-0.4, -0.2) is 11.2 Å². The normalized spacial score (nSPS) is 10.2. The van der Waals surface area contributed by atoms with E-state index in [1.807, 2.05) is 19.1 Å². The van der Waals surface area contributed by atoms with Gasteiger partial charge in [-0.15, -0.1) is 11.3 Å². The van der Waals surface area contributed by atoms with Crippen LogP contribution in [0.4, 0.5) is 11.4 Å². The zero-order valence-corrected chi connectivity index (χ0v) is 11.1. The molecule has 0 bridgehead atoms. The number of benzene rings is 1. The van der Waals surface area contributed by atoms with Crippen LogP contribution < -0.4 is 5.32 Å². The third-order valence-corrected chi connectivity index (χ3v) is 3.60. The van der Waals surface area contributed by atoms with Crippen LogP contribution in [0.3, 0.4) is 0 Å². The molecular weight excluding hydrogens is 264 g/mol. The van der Waals surface area contributed by atoms with Gasteiger partial charge in [-0.1, -0.05) is 0 Å². The van der Waals surface area contributed by atoms with Crippen LogP contribution in [0.2, 0.25) is 0 Å². The van der Waals surface area contributed by atoms with Crippen molar-refractivity contribution in [2.24, 2.45) is 0 Å². The molecule has 0 fully saturated rings. The lowest BCUT2D eigenvalue weighted by Crippen LogP contribution is -2.02. The molecule has 2 rings (SSSR count). The first-order chi connectivity index (χ1) is 9.10. The molecule has 98 valence electrons. The number of hydrogen-bond donors (Lipinski definition) is 1. The van der Waals surface area contributed by atoms with E-state index in [0.717, 1.165) is 4.88 Å². The number of nitro benzene ring substituents is 1. The Labute approximate surface area is 114 Å². The molecule has 0 radical (unpaired) electrons. The third kappa shape index (κ3) is 3.17. The van der Waals surface area contributed by atoms with Gasteiger partial charge < -0.3 is 5.32 Å². The highest BCUT2D eigenvalue weighted by molar-refractivity contribution is 7.11. The summed E-state index contributed by atoms with van der Waals surface area (Å²) in [6.07, 6.45) is 0.597. The number of nitro groups is 1. The van der Waals surface area contributed by atoms with E-state index in [2.05, 4.69) is 5.32 Å². The summed E-state index contributed by atoms with van der Waals surface area (Å²) in [6, 6.07) is 8.38. The summed E-state index contributed by atoms with van der Waals surface area (Å²) in [5.41, 5.74) is 0.628. The van der Waals surface area contributed by atoms with Gasteiger partial charge in [-0.2, -0.15) is 0 Å². The molecule has 2 aromatic rings. The number of nitrogens with zero attached hydrogens (tertiary/aromatic N) is 1. The van der Waals surface area contributed by atoms with Gasteiger partial charge in [0.05, 0.1) is 4.92 Å². The molecular formula is C13H12N2O3S. The number of rotatable bonds is 5. The fourth-order valence-electron chi connectivity index (χ4n) is 1.68. The highest BCUT2D eigenvalue weighted by Gasteiger charge is 2.14. The predicted molar refractivity (Wildman–Crippen MR) is 74.9 cm³/mol. The average molecular weight is 276 g/mol. The summed E-state index contributed by atoms with van der Waals surface area (Å²) < 4.78 is 0. The Balaban J connectivity index is 2.19. The van der Waals surface area contributed by atoms with Gasteiger partial charge >= 0.3 is 0 Å². The summed E-state index contributed by atoms with van der Waals surface area (Å²) >= 11 is 1.64. The quantitative estimate of drug-likeness (QED) is 0.516. The van der Waals surface area contributed by atoms with Crippen molar-refractivity contribution in [2.45, 2.75) is 13.5 Å². The van der Waals surface area contributed by atoms with Crippen LogP contribution in [0.15, 0.2) is 30.3 Å². The fraction of sp³-hybridized carbons (Fsp3) is 0.154. The van der Waals surface area contributed by atoms with Crippen molar-refractivity contribution in [3.63, 3.8) is 0 Å². The summed E-state index contributed by atoms with van der Waals surface area (Å²) in [5.74, 6) is 0. The second-order valence-electron chi connectivity index (χ2n) is 4.02. The van der Waals surface area contributed by atoms with Crippen molar-refractivity contribution >= 4 is 29.0 Å². The molecule has 0 saturated carbocycles. The summed E-state index contributed by atoms with van der Waals surface area (Å²) in [4.78, 5) is 23.4. The maximum absolute atomic E-state index is 11.0. The van der Waals surface area contributed by atoms with Crippen molar-refractivity contribution < 1.29 is 9.72 Å². The molecule has 0 saturated heterocycles. The first kappa shape index (κ1) is 13.2. The predicted octanol–water partition coefficient (Wildman–Crippen LogP) is 3.39. The maximum Gasteiger partial charge on any atom is 0.293 e. The molecule has 0 atom stereocenters. The highest BCUT2D eigenvalue weighted by atomic mass is 32.1. The van der Waals surface area contributed by atoms with E-state index in [9.17, 15) is 14.9 Å². The average Bonchev–Trinajstić information content (AvgIpc) is 2.82. The maximum atomic E-state index is 11.0. The largest absolute Gasteiger partial charge is 0.375 e. The molecule has 1 aromatic carbocycles. The van der Waals surface area contributed by atoms with E-state index < -0.39 is 4.92 Å². The molecule has 0 unspecified atom stereocenters. The summed E-state index contributed by atoms with van der Waals surface area (Å²) in [5, 5.41) is 14.0. The van der Waals surface area contributed by atoms with Gasteiger partial charge in [-0.3, -0.25) is 14.9 Å². The summed E-state index contributed by atoms with van der Waals surface area (Å²) in [6.45, 7) is 2.54. The van der Waals surface area contributed by atoms with Crippen LogP contribution in [-0.2, 0) is 6.54 Å². The molecule has 0 aliphatic heterocycles. The lowest BCUT2D eigenvalue weighted by atomic mass is 10.2. The number of nitrogens with one attached hydrogen (secondary N) is 1. The highest BCUT2D eigenvalue weighted by Crippen LogP contribution is 2.26. The third-order valence-electron chi connectivity index (χ3n) is 2.60. The molecule has 5 nitrogen and oxygen atoms in total. The van der Waals surface area contributed by atoms with Crippen molar-refractivity contribution in [3.8, 4) is 0 Å². The van der Waals surface area contributed by atoms with Crippen molar-refractivity contribution in [1.82, 2.24) is 0 Å². The SMILES string of the molecule is Cc1ccc(CNc2ccc(C=O)cc2[N+](=O)[O-])s1. The zero-order chi connectivity index (χ0) is 13.8. The van der Waals surface area contributed by atoms with Crippen LogP contribution in [0.1, 0.15) is 20.1 Å². The lowest BCUT2D eigenvalue weighted by molar-refractivity contribution is -0.384. The number of hydrogen-bond acceptors (Lipinski definition) is 5. The smallest absolute Gasteiger partial charge is 0.293 e. The number of thiophene rings is 1. The van der Waals surface area contributed by atoms with Gasteiger partial charge in [-0.25, -0.2) is 0 Å². The molecule has 6 heteroatoms. The van der Waals surface area contributed by atoms with Crippen molar-refractivity contribution in [1.29, 1.82) is 0 Å². The van der Waals surface area contributed by atoms with Crippen LogP contribution in [0.25, 0.3) is 0 Å². The molecule has 1 heterocycles. The van der Waals surface area contributed by atoms with E-state index in [0.29, 0.717) is 24.1 Å². The zero-order valence-electron chi connectivity index (χ0n) is 10.3. The fourth-order valence-corrected chi connectivity index (χ4v) is 2.52.